The summed E-state index contributed by atoms with van der Waals surface area (Å²) in [6, 6.07) is 9.05. The van der Waals surface area contributed by atoms with E-state index >= 15 is 0 Å². The first-order valence-electron chi connectivity index (χ1n) is 8.79. The van der Waals surface area contributed by atoms with Gasteiger partial charge in [-0.1, -0.05) is 51.3 Å². The molecule has 2 aliphatic rings. The molecule has 1 aliphatic carbocycles. The fourth-order valence-electron chi connectivity index (χ4n) is 4.28. The van der Waals surface area contributed by atoms with Crippen molar-refractivity contribution in [3.63, 3.8) is 0 Å². The van der Waals surface area contributed by atoms with Crippen molar-refractivity contribution in [1.29, 1.82) is 0 Å². The summed E-state index contributed by atoms with van der Waals surface area (Å²) in [6.07, 6.45) is 8.29. The summed E-state index contributed by atoms with van der Waals surface area (Å²) >= 11 is 0. The maximum Gasteiger partial charge on any atom is 0.123 e. The molecule has 116 valence electrons. The molecule has 4 atom stereocenters. The van der Waals surface area contributed by atoms with Gasteiger partial charge in [-0.05, 0) is 42.9 Å². The molecule has 0 bridgehead atoms. The molecular formula is C19H29NO. The van der Waals surface area contributed by atoms with Crippen molar-refractivity contribution in [1.82, 2.24) is 5.32 Å². The predicted molar refractivity (Wildman–Crippen MR) is 87.8 cm³/mol. The molecule has 1 fully saturated rings. The summed E-state index contributed by atoms with van der Waals surface area (Å²) in [5.41, 5.74) is 1.38. The second-order valence-electron chi connectivity index (χ2n) is 6.75. The van der Waals surface area contributed by atoms with Gasteiger partial charge in [-0.15, -0.1) is 0 Å². The van der Waals surface area contributed by atoms with Gasteiger partial charge in [0.25, 0.3) is 0 Å². The number of ether oxygens (including phenoxy) is 1. The molecule has 3 rings (SSSR count). The number of hydrogen-bond donors (Lipinski definition) is 1. The summed E-state index contributed by atoms with van der Waals surface area (Å²) < 4.78 is 6.28. The molecule has 2 nitrogen and oxygen atoms in total. The molecule has 4 unspecified atom stereocenters. The molecule has 0 aromatic heterocycles. The summed E-state index contributed by atoms with van der Waals surface area (Å²) in [6.45, 7) is 5.60. The van der Waals surface area contributed by atoms with Gasteiger partial charge >= 0.3 is 0 Å². The average molecular weight is 287 g/mol. The largest absolute Gasteiger partial charge is 0.488 e. The maximum absolute atomic E-state index is 6.28. The van der Waals surface area contributed by atoms with Crippen LogP contribution in [-0.2, 0) is 6.42 Å². The van der Waals surface area contributed by atoms with E-state index in [2.05, 4.69) is 43.4 Å². The van der Waals surface area contributed by atoms with Crippen LogP contribution in [0.5, 0.6) is 5.75 Å². The summed E-state index contributed by atoms with van der Waals surface area (Å²) in [5, 5.41) is 3.75. The minimum atomic E-state index is 0.322. The topological polar surface area (TPSA) is 21.3 Å². The minimum absolute atomic E-state index is 0.322. The van der Waals surface area contributed by atoms with Crippen LogP contribution in [0, 0.1) is 11.8 Å². The normalized spacial score (nSPS) is 29.7. The van der Waals surface area contributed by atoms with Crippen LogP contribution in [0.1, 0.15) is 51.5 Å². The highest BCUT2D eigenvalue weighted by atomic mass is 16.5. The third kappa shape index (κ3) is 3.26. The van der Waals surface area contributed by atoms with Crippen LogP contribution < -0.4 is 10.1 Å². The number of benzene rings is 1. The van der Waals surface area contributed by atoms with Crippen molar-refractivity contribution in [3.05, 3.63) is 29.8 Å². The maximum atomic E-state index is 6.28. The molecule has 0 saturated heterocycles. The molecule has 0 spiro atoms. The van der Waals surface area contributed by atoms with Gasteiger partial charge in [0.15, 0.2) is 0 Å². The number of fused-ring (bicyclic) bond motifs is 1. The van der Waals surface area contributed by atoms with E-state index in [4.69, 9.17) is 4.74 Å². The van der Waals surface area contributed by atoms with Crippen LogP contribution in [0.15, 0.2) is 24.3 Å². The average Bonchev–Trinajstić information content (AvgIpc) is 2.96. The van der Waals surface area contributed by atoms with Gasteiger partial charge in [-0.25, -0.2) is 0 Å². The molecule has 1 aromatic carbocycles. The SMILES string of the molecule is CCNC(C1CCCC(CC)C1)C1Cc2ccccc2O1. The quantitative estimate of drug-likeness (QED) is 0.877. The van der Waals surface area contributed by atoms with Gasteiger partial charge in [0.2, 0.25) is 0 Å². The van der Waals surface area contributed by atoms with Crippen LogP contribution in [-0.4, -0.2) is 18.7 Å². The number of para-hydroxylation sites is 1. The first kappa shape index (κ1) is 14.9. The summed E-state index contributed by atoms with van der Waals surface area (Å²) in [7, 11) is 0. The van der Waals surface area contributed by atoms with Gasteiger partial charge in [0.1, 0.15) is 11.9 Å². The molecule has 2 heteroatoms. The fraction of sp³-hybridized carbons (Fsp3) is 0.684. The van der Waals surface area contributed by atoms with Crippen LogP contribution in [0.3, 0.4) is 0 Å². The van der Waals surface area contributed by atoms with Gasteiger partial charge in [-0.3, -0.25) is 0 Å². The van der Waals surface area contributed by atoms with Crippen LogP contribution in [0.2, 0.25) is 0 Å². The number of hydrogen-bond acceptors (Lipinski definition) is 2. The lowest BCUT2D eigenvalue weighted by Crippen LogP contribution is -2.48. The van der Waals surface area contributed by atoms with Crippen molar-refractivity contribution in [3.8, 4) is 5.75 Å². The Labute approximate surface area is 129 Å². The highest BCUT2D eigenvalue weighted by Crippen LogP contribution is 2.37. The third-order valence-corrected chi connectivity index (χ3v) is 5.42. The van der Waals surface area contributed by atoms with E-state index in [-0.39, 0.29) is 0 Å². The number of rotatable bonds is 5. The number of nitrogens with one attached hydrogen (secondary N) is 1. The first-order valence-corrected chi connectivity index (χ1v) is 8.79. The molecule has 21 heavy (non-hydrogen) atoms. The second kappa shape index (κ2) is 6.83. The van der Waals surface area contributed by atoms with E-state index in [1.165, 1.54) is 37.7 Å². The summed E-state index contributed by atoms with van der Waals surface area (Å²) in [4.78, 5) is 0. The Kier molecular flexibility index (Phi) is 4.84. The summed E-state index contributed by atoms with van der Waals surface area (Å²) in [5.74, 6) is 2.81. The van der Waals surface area contributed by atoms with Crippen LogP contribution >= 0.6 is 0 Å². The number of likely N-dealkylation sites (N-methyl/N-ethyl adjacent to an activating group) is 1. The molecular weight excluding hydrogens is 258 g/mol. The van der Waals surface area contributed by atoms with E-state index in [0.29, 0.717) is 12.1 Å². The highest BCUT2D eigenvalue weighted by molar-refractivity contribution is 5.37. The first-order chi connectivity index (χ1) is 10.3. The third-order valence-electron chi connectivity index (χ3n) is 5.42. The van der Waals surface area contributed by atoms with Crippen LogP contribution in [0.4, 0.5) is 0 Å². The van der Waals surface area contributed by atoms with Crippen LogP contribution in [0.25, 0.3) is 0 Å². The Morgan fingerprint density at radius 3 is 2.86 bits per heavy atom. The van der Waals surface area contributed by atoms with E-state index in [1.54, 1.807) is 0 Å². The van der Waals surface area contributed by atoms with Crippen molar-refractivity contribution in [2.24, 2.45) is 11.8 Å². The van der Waals surface area contributed by atoms with Crippen molar-refractivity contribution >= 4 is 0 Å². The Hall–Kier alpha value is -1.02. The second-order valence-corrected chi connectivity index (χ2v) is 6.75. The standard InChI is InChI=1S/C19H29NO/c1-3-14-8-7-10-16(12-14)19(20-4-2)18-13-15-9-5-6-11-17(15)21-18/h5-6,9,11,14,16,18-20H,3-4,7-8,10,12-13H2,1-2H3. The molecule has 0 amide bonds. The zero-order valence-electron chi connectivity index (χ0n) is 13.5. The van der Waals surface area contributed by atoms with Crippen molar-refractivity contribution < 1.29 is 4.74 Å². The Balaban J connectivity index is 1.70. The Bertz CT molecular complexity index is 434. The fourth-order valence-corrected chi connectivity index (χ4v) is 4.28. The van der Waals surface area contributed by atoms with E-state index in [9.17, 15) is 0 Å². The molecule has 1 heterocycles. The molecule has 1 N–H and O–H groups in total. The van der Waals surface area contributed by atoms with Crippen molar-refractivity contribution in [2.45, 2.75) is 64.5 Å². The molecule has 0 radical (unpaired) electrons. The molecule has 1 aromatic rings. The van der Waals surface area contributed by atoms with E-state index in [0.717, 1.165) is 30.6 Å². The molecule has 1 aliphatic heterocycles. The lowest BCUT2D eigenvalue weighted by atomic mass is 9.75. The zero-order chi connectivity index (χ0) is 14.7. The van der Waals surface area contributed by atoms with E-state index in [1.807, 2.05) is 0 Å². The highest BCUT2D eigenvalue weighted by Gasteiger charge is 2.36. The van der Waals surface area contributed by atoms with Gasteiger partial charge in [0.05, 0.1) is 0 Å². The minimum Gasteiger partial charge on any atom is -0.488 e. The van der Waals surface area contributed by atoms with Gasteiger partial charge in [0, 0.05) is 12.5 Å². The monoisotopic (exact) mass is 287 g/mol. The van der Waals surface area contributed by atoms with Crippen molar-refractivity contribution in [2.75, 3.05) is 6.54 Å². The Morgan fingerprint density at radius 2 is 2.10 bits per heavy atom. The van der Waals surface area contributed by atoms with Gasteiger partial charge < -0.3 is 10.1 Å². The predicted octanol–water partition coefficient (Wildman–Crippen LogP) is 4.18. The van der Waals surface area contributed by atoms with E-state index < -0.39 is 0 Å². The molecule has 1 saturated carbocycles. The van der Waals surface area contributed by atoms with Gasteiger partial charge in [-0.2, -0.15) is 0 Å². The smallest absolute Gasteiger partial charge is 0.123 e. The lowest BCUT2D eigenvalue weighted by Gasteiger charge is -2.37. The Morgan fingerprint density at radius 1 is 1.24 bits per heavy atom. The zero-order valence-corrected chi connectivity index (χ0v) is 13.5. The lowest BCUT2D eigenvalue weighted by molar-refractivity contribution is 0.107.